The van der Waals surface area contributed by atoms with Crippen molar-refractivity contribution in [2.45, 2.75) is 20.0 Å². The van der Waals surface area contributed by atoms with Gasteiger partial charge in [-0.15, -0.1) is 11.3 Å². The van der Waals surface area contributed by atoms with Crippen LogP contribution in [0.4, 0.5) is 0 Å². The number of halogens is 2. The quantitative estimate of drug-likeness (QED) is 0.780. The van der Waals surface area contributed by atoms with Crippen LogP contribution in [0.3, 0.4) is 0 Å². The predicted octanol–water partition coefficient (Wildman–Crippen LogP) is 4.98. The van der Waals surface area contributed by atoms with Gasteiger partial charge in [-0.05, 0) is 80.6 Å². The van der Waals surface area contributed by atoms with Crippen LogP contribution in [0, 0.1) is 13.8 Å². The second-order valence-electron chi connectivity index (χ2n) is 4.37. The zero-order chi connectivity index (χ0) is 14.2. The van der Waals surface area contributed by atoms with Crippen molar-refractivity contribution in [2.24, 2.45) is 0 Å². The summed E-state index contributed by atoms with van der Waals surface area (Å²) in [5.74, 6) is 0.876. The predicted molar refractivity (Wildman–Crippen MR) is 86.2 cm³/mol. The van der Waals surface area contributed by atoms with Gasteiger partial charge in [-0.1, -0.05) is 0 Å². The first-order valence-corrected chi connectivity index (χ1v) is 8.12. The number of ether oxygens (including phenoxy) is 1. The molecular weight excluding hydrogens is 392 g/mol. The molecule has 1 N–H and O–H groups in total. The van der Waals surface area contributed by atoms with Gasteiger partial charge in [-0.25, -0.2) is 0 Å². The standard InChI is InChI=1S/C14H14Br2O2S/c1-7-4-9(5-8(2)13(7)18-3)12(17)10-6-11(15)19-14(10)16/h4-6,12,17H,1-3H3. The summed E-state index contributed by atoms with van der Waals surface area (Å²) in [5.41, 5.74) is 3.81. The molecule has 2 rings (SSSR count). The Balaban J connectivity index is 2.45. The molecule has 19 heavy (non-hydrogen) atoms. The average Bonchev–Trinajstić information content (AvgIpc) is 2.67. The minimum Gasteiger partial charge on any atom is -0.496 e. The molecule has 1 heterocycles. The molecule has 0 aliphatic carbocycles. The molecule has 2 aromatic rings. The van der Waals surface area contributed by atoms with Gasteiger partial charge in [-0.2, -0.15) is 0 Å². The number of benzene rings is 1. The monoisotopic (exact) mass is 404 g/mol. The number of aliphatic hydroxyl groups excluding tert-OH is 1. The number of methoxy groups -OCH3 is 1. The third kappa shape index (κ3) is 3.05. The van der Waals surface area contributed by atoms with E-state index >= 15 is 0 Å². The van der Waals surface area contributed by atoms with Gasteiger partial charge in [0.2, 0.25) is 0 Å². The number of aryl methyl sites for hydroxylation is 2. The van der Waals surface area contributed by atoms with Crippen molar-refractivity contribution < 1.29 is 9.84 Å². The van der Waals surface area contributed by atoms with Crippen LogP contribution in [0.1, 0.15) is 28.4 Å². The summed E-state index contributed by atoms with van der Waals surface area (Å²) >= 11 is 8.47. The molecule has 0 aliphatic rings. The minimum atomic E-state index is -0.639. The number of rotatable bonds is 3. The number of hydrogen-bond acceptors (Lipinski definition) is 3. The van der Waals surface area contributed by atoms with E-state index in [0.29, 0.717) is 0 Å². The van der Waals surface area contributed by atoms with Gasteiger partial charge in [0.25, 0.3) is 0 Å². The Labute approximate surface area is 133 Å². The normalized spacial score (nSPS) is 12.5. The van der Waals surface area contributed by atoms with E-state index in [0.717, 1.165) is 35.6 Å². The maximum Gasteiger partial charge on any atom is 0.124 e. The molecule has 1 aromatic heterocycles. The Morgan fingerprint density at radius 2 is 1.74 bits per heavy atom. The van der Waals surface area contributed by atoms with Crippen molar-refractivity contribution >= 4 is 43.2 Å². The first kappa shape index (κ1) is 15.0. The summed E-state index contributed by atoms with van der Waals surface area (Å²) in [7, 11) is 1.66. The van der Waals surface area contributed by atoms with E-state index in [1.807, 2.05) is 32.0 Å². The molecule has 0 fully saturated rings. The van der Waals surface area contributed by atoms with E-state index < -0.39 is 6.10 Å². The van der Waals surface area contributed by atoms with Gasteiger partial charge in [0.05, 0.1) is 14.7 Å². The Bertz CT molecular complexity index is 584. The molecule has 102 valence electrons. The fourth-order valence-corrected chi connectivity index (χ4v) is 5.07. The molecule has 0 saturated carbocycles. The zero-order valence-electron chi connectivity index (χ0n) is 10.8. The van der Waals surface area contributed by atoms with Gasteiger partial charge in [0.1, 0.15) is 11.9 Å². The summed E-state index contributed by atoms with van der Waals surface area (Å²) in [6.45, 7) is 3.97. The molecule has 0 spiro atoms. The molecule has 0 aliphatic heterocycles. The SMILES string of the molecule is COc1c(C)cc(C(O)c2cc(Br)sc2Br)cc1C. The zero-order valence-corrected chi connectivity index (χ0v) is 14.8. The fourth-order valence-electron chi connectivity index (χ4n) is 2.18. The van der Waals surface area contributed by atoms with Crippen molar-refractivity contribution in [1.82, 2.24) is 0 Å². The van der Waals surface area contributed by atoms with Crippen molar-refractivity contribution in [3.05, 3.63) is 48.0 Å². The summed E-state index contributed by atoms with van der Waals surface area (Å²) < 4.78 is 7.29. The molecule has 1 atom stereocenters. The lowest BCUT2D eigenvalue weighted by molar-refractivity contribution is 0.220. The largest absolute Gasteiger partial charge is 0.496 e. The van der Waals surface area contributed by atoms with E-state index in [1.54, 1.807) is 18.4 Å². The molecule has 0 amide bonds. The highest BCUT2D eigenvalue weighted by Crippen LogP contribution is 2.39. The number of aliphatic hydroxyl groups is 1. The lowest BCUT2D eigenvalue weighted by Crippen LogP contribution is -2.01. The lowest BCUT2D eigenvalue weighted by Gasteiger charge is -2.15. The Kier molecular flexibility index (Phi) is 4.71. The summed E-state index contributed by atoms with van der Waals surface area (Å²) in [5, 5.41) is 10.5. The Morgan fingerprint density at radius 3 is 2.16 bits per heavy atom. The molecule has 0 saturated heterocycles. The highest BCUT2D eigenvalue weighted by Gasteiger charge is 2.18. The Hall–Kier alpha value is -0.360. The number of thiophene rings is 1. The van der Waals surface area contributed by atoms with Crippen LogP contribution < -0.4 is 4.74 Å². The van der Waals surface area contributed by atoms with Crippen molar-refractivity contribution in [1.29, 1.82) is 0 Å². The Morgan fingerprint density at radius 1 is 1.16 bits per heavy atom. The van der Waals surface area contributed by atoms with Gasteiger partial charge in [0.15, 0.2) is 0 Å². The fraction of sp³-hybridized carbons (Fsp3) is 0.286. The van der Waals surface area contributed by atoms with Crippen LogP contribution in [0.15, 0.2) is 25.8 Å². The van der Waals surface area contributed by atoms with E-state index in [2.05, 4.69) is 31.9 Å². The van der Waals surface area contributed by atoms with Crippen LogP contribution in [-0.2, 0) is 0 Å². The molecule has 2 nitrogen and oxygen atoms in total. The second-order valence-corrected chi connectivity index (χ2v) is 8.12. The topological polar surface area (TPSA) is 29.5 Å². The molecule has 1 aromatic carbocycles. The summed E-state index contributed by atoms with van der Waals surface area (Å²) in [6.07, 6.45) is -0.639. The van der Waals surface area contributed by atoms with E-state index in [4.69, 9.17) is 4.74 Å². The van der Waals surface area contributed by atoms with E-state index in [9.17, 15) is 5.11 Å². The van der Waals surface area contributed by atoms with Gasteiger partial charge in [-0.3, -0.25) is 0 Å². The summed E-state index contributed by atoms with van der Waals surface area (Å²) in [4.78, 5) is 0. The minimum absolute atomic E-state index is 0.639. The molecular formula is C14H14Br2O2S. The third-order valence-electron chi connectivity index (χ3n) is 2.98. The molecule has 0 radical (unpaired) electrons. The lowest BCUT2D eigenvalue weighted by atomic mass is 9.99. The van der Waals surface area contributed by atoms with Crippen LogP contribution in [-0.4, -0.2) is 12.2 Å². The number of hydrogen-bond donors (Lipinski definition) is 1. The van der Waals surface area contributed by atoms with E-state index in [-0.39, 0.29) is 0 Å². The van der Waals surface area contributed by atoms with Crippen molar-refractivity contribution in [3.63, 3.8) is 0 Å². The van der Waals surface area contributed by atoms with Crippen molar-refractivity contribution in [3.8, 4) is 5.75 Å². The first-order valence-electron chi connectivity index (χ1n) is 5.72. The third-order valence-corrected chi connectivity index (χ3v) is 5.37. The first-order chi connectivity index (χ1) is 8.93. The maximum absolute atomic E-state index is 10.5. The van der Waals surface area contributed by atoms with Crippen LogP contribution in [0.2, 0.25) is 0 Å². The second kappa shape index (κ2) is 5.95. The molecule has 0 bridgehead atoms. The highest BCUT2D eigenvalue weighted by molar-refractivity contribution is 9.12. The maximum atomic E-state index is 10.5. The molecule has 5 heteroatoms. The van der Waals surface area contributed by atoms with Crippen LogP contribution >= 0.6 is 43.2 Å². The highest BCUT2D eigenvalue weighted by atomic mass is 79.9. The molecule has 1 unspecified atom stereocenters. The van der Waals surface area contributed by atoms with E-state index in [1.165, 1.54) is 0 Å². The van der Waals surface area contributed by atoms with Crippen molar-refractivity contribution in [2.75, 3.05) is 7.11 Å². The van der Waals surface area contributed by atoms with Gasteiger partial charge in [0, 0.05) is 5.56 Å². The van der Waals surface area contributed by atoms with Crippen LogP contribution in [0.25, 0.3) is 0 Å². The van der Waals surface area contributed by atoms with Gasteiger partial charge < -0.3 is 9.84 Å². The van der Waals surface area contributed by atoms with Crippen LogP contribution in [0.5, 0.6) is 5.75 Å². The van der Waals surface area contributed by atoms with Gasteiger partial charge >= 0.3 is 0 Å². The average molecular weight is 406 g/mol. The smallest absolute Gasteiger partial charge is 0.124 e. The summed E-state index contributed by atoms with van der Waals surface area (Å²) in [6, 6.07) is 5.87.